The molecule has 0 atom stereocenters. The SMILES string of the molecule is C1=[NH+]OCO1.[I-]. The average Bonchev–Trinajstić information content (AvgIpc) is 1.76. The third kappa shape index (κ3) is 1.44. The molecule has 0 saturated carbocycles. The lowest BCUT2D eigenvalue weighted by molar-refractivity contribution is -0.740. The summed E-state index contributed by atoms with van der Waals surface area (Å²) >= 11 is 0. The van der Waals surface area contributed by atoms with Gasteiger partial charge in [0.05, 0.1) is 0 Å². The van der Waals surface area contributed by atoms with E-state index in [4.69, 9.17) is 0 Å². The molecule has 0 aliphatic carbocycles. The fraction of sp³-hybridized carbons (Fsp3) is 0.500. The fourth-order valence-corrected chi connectivity index (χ4v) is 0.170. The second-order valence-corrected chi connectivity index (χ2v) is 0.665. The molecule has 0 aromatic rings. The largest absolute Gasteiger partial charge is 1.00 e. The molecule has 0 spiro atoms. The Hall–Kier alpha value is 0. The van der Waals surface area contributed by atoms with Crippen molar-refractivity contribution < 1.29 is 38.7 Å². The monoisotopic (exact) mass is 201 g/mol. The number of nitrogens with one attached hydrogen (secondary N) is 1. The van der Waals surface area contributed by atoms with E-state index in [1.807, 2.05) is 0 Å². The van der Waals surface area contributed by atoms with Gasteiger partial charge >= 0.3 is 13.2 Å². The minimum Gasteiger partial charge on any atom is -1.00 e. The van der Waals surface area contributed by atoms with Gasteiger partial charge in [0, 0.05) is 0 Å². The van der Waals surface area contributed by atoms with Crippen LogP contribution in [0.2, 0.25) is 0 Å². The Morgan fingerprint density at radius 2 is 2.50 bits per heavy atom. The van der Waals surface area contributed by atoms with Crippen LogP contribution in [0.3, 0.4) is 0 Å². The Labute approximate surface area is 52.3 Å². The van der Waals surface area contributed by atoms with Gasteiger partial charge in [0.2, 0.25) is 0 Å². The third-order valence-corrected chi connectivity index (χ3v) is 0.342. The lowest BCUT2D eigenvalue weighted by Crippen LogP contribution is -3.00. The normalized spacial score (nSPS) is 14.7. The van der Waals surface area contributed by atoms with Gasteiger partial charge in [0.25, 0.3) is 0 Å². The summed E-state index contributed by atoms with van der Waals surface area (Å²) in [4.78, 5) is 4.42. The summed E-state index contributed by atoms with van der Waals surface area (Å²) in [5, 5.41) is 2.38. The Balaban J connectivity index is 0.000000250. The first-order valence-electron chi connectivity index (χ1n) is 1.31. The second-order valence-electron chi connectivity index (χ2n) is 0.665. The number of rotatable bonds is 0. The van der Waals surface area contributed by atoms with E-state index < -0.39 is 0 Å². The molecule has 3 nitrogen and oxygen atoms in total. The number of hydrogen-bond acceptors (Lipinski definition) is 2. The first-order valence-corrected chi connectivity index (χ1v) is 1.31. The lowest BCUT2D eigenvalue weighted by Gasteiger charge is -1.70. The van der Waals surface area contributed by atoms with Crippen LogP contribution in [0.15, 0.2) is 0 Å². The van der Waals surface area contributed by atoms with Gasteiger partial charge in [-0.05, 0) is 5.16 Å². The third-order valence-electron chi connectivity index (χ3n) is 0.342. The second kappa shape index (κ2) is 3.20. The Kier molecular flexibility index (Phi) is 3.20. The van der Waals surface area contributed by atoms with Crippen molar-refractivity contribution in [3.63, 3.8) is 0 Å². The van der Waals surface area contributed by atoms with Crippen LogP contribution in [0.4, 0.5) is 0 Å². The Morgan fingerprint density at radius 3 is 2.67 bits per heavy atom. The smallest absolute Gasteiger partial charge is 0.373 e. The van der Waals surface area contributed by atoms with E-state index in [9.17, 15) is 0 Å². The number of ether oxygens (including phenoxy) is 1. The molecule has 1 heterocycles. The Bertz CT molecular complexity index is 49.5. The molecule has 4 heteroatoms. The van der Waals surface area contributed by atoms with Gasteiger partial charge in [-0.15, -0.1) is 0 Å². The zero-order valence-corrected chi connectivity index (χ0v) is 5.14. The first kappa shape index (κ1) is 6.00. The minimum absolute atomic E-state index is 0. The van der Waals surface area contributed by atoms with E-state index in [-0.39, 0.29) is 24.0 Å². The molecule has 1 N–H and O–H groups in total. The molecular formula is C2H4INO2. The minimum atomic E-state index is 0. The number of halogens is 1. The zero-order valence-electron chi connectivity index (χ0n) is 2.98. The Morgan fingerprint density at radius 1 is 1.67 bits per heavy atom. The van der Waals surface area contributed by atoms with Crippen LogP contribution in [0, 0.1) is 0 Å². The number of hydrogen-bond donors (Lipinski definition) is 1. The molecule has 0 fully saturated rings. The first-order chi connectivity index (χ1) is 2.50. The summed E-state index contributed by atoms with van der Waals surface area (Å²) in [6.45, 7) is 0.333. The van der Waals surface area contributed by atoms with Crippen molar-refractivity contribution in [3.05, 3.63) is 0 Å². The van der Waals surface area contributed by atoms with Gasteiger partial charge in [-0.1, -0.05) is 0 Å². The maximum absolute atomic E-state index is 4.49. The standard InChI is InChI=1S/C2H3NO2.HI/c1-3-5-2-4-1;/h1H,2H2;1H. The molecule has 1 rings (SSSR count). The molecule has 0 amide bonds. The highest BCUT2D eigenvalue weighted by molar-refractivity contribution is 5.37. The van der Waals surface area contributed by atoms with E-state index in [0.29, 0.717) is 6.79 Å². The maximum atomic E-state index is 4.49. The van der Waals surface area contributed by atoms with Crippen molar-refractivity contribution >= 4 is 6.40 Å². The summed E-state index contributed by atoms with van der Waals surface area (Å²) in [5.41, 5.74) is 0. The van der Waals surface area contributed by atoms with Gasteiger partial charge in [0.15, 0.2) is 0 Å². The van der Waals surface area contributed by atoms with Crippen LogP contribution in [0.25, 0.3) is 0 Å². The summed E-state index contributed by atoms with van der Waals surface area (Å²) in [5.74, 6) is 0. The molecule has 0 aromatic heterocycles. The van der Waals surface area contributed by atoms with Crippen LogP contribution < -0.4 is 29.1 Å². The van der Waals surface area contributed by atoms with E-state index in [0.717, 1.165) is 0 Å². The van der Waals surface area contributed by atoms with E-state index in [1.54, 1.807) is 0 Å². The summed E-state index contributed by atoms with van der Waals surface area (Å²) in [7, 11) is 0. The van der Waals surface area contributed by atoms with Crippen molar-refractivity contribution in [2.45, 2.75) is 0 Å². The van der Waals surface area contributed by atoms with Crippen LogP contribution in [0.1, 0.15) is 0 Å². The van der Waals surface area contributed by atoms with Gasteiger partial charge < -0.3 is 28.7 Å². The molecule has 36 valence electrons. The molecule has 0 bridgehead atoms. The van der Waals surface area contributed by atoms with Crippen LogP contribution in [0.5, 0.6) is 0 Å². The maximum Gasteiger partial charge on any atom is 0.373 e. The van der Waals surface area contributed by atoms with E-state index in [1.165, 1.54) is 6.40 Å². The molecule has 1 aliphatic rings. The molecule has 0 saturated heterocycles. The molecule has 1 aliphatic heterocycles. The highest BCUT2D eigenvalue weighted by Gasteiger charge is 1.92. The topological polar surface area (TPSA) is 32.4 Å². The van der Waals surface area contributed by atoms with Crippen LogP contribution >= 0.6 is 0 Å². The highest BCUT2D eigenvalue weighted by Crippen LogP contribution is 1.61. The molecule has 0 unspecified atom stereocenters. The van der Waals surface area contributed by atoms with Gasteiger partial charge in [0.1, 0.15) is 0 Å². The zero-order chi connectivity index (χ0) is 3.54. The van der Waals surface area contributed by atoms with Crippen molar-refractivity contribution in [1.82, 2.24) is 0 Å². The van der Waals surface area contributed by atoms with Crippen molar-refractivity contribution in [3.8, 4) is 0 Å². The molecular weight excluding hydrogens is 197 g/mol. The van der Waals surface area contributed by atoms with Crippen molar-refractivity contribution in [2.24, 2.45) is 0 Å². The quantitative estimate of drug-likeness (QED) is 0.398. The van der Waals surface area contributed by atoms with Gasteiger partial charge in [-0.3, -0.25) is 0 Å². The predicted molar refractivity (Wildman–Crippen MR) is 14.1 cm³/mol. The summed E-state index contributed by atoms with van der Waals surface area (Å²) < 4.78 is 4.49. The molecule has 0 aromatic carbocycles. The predicted octanol–water partition coefficient (Wildman–Crippen LogP) is -4.98. The fourth-order valence-electron chi connectivity index (χ4n) is 0.170. The summed E-state index contributed by atoms with van der Waals surface area (Å²) in [6.07, 6.45) is 1.39. The lowest BCUT2D eigenvalue weighted by atomic mass is 11.4. The van der Waals surface area contributed by atoms with Crippen LogP contribution in [-0.4, -0.2) is 13.2 Å². The highest BCUT2D eigenvalue weighted by atomic mass is 127. The van der Waals surface area contributed by atoms with Crippen molar-refractivity contribution in [1.29, 1.82) is 0 Å². The van der Waals surface area contributed by atoms with Crippen molar-refractivity contribution in [2.75, 3.05) is 6.79 Å². The van der Waals surface area contributed by atoms with E-state index in [2.05, 4.69) is 14.7 Å². The molecule has 6 heavy (non-hydrogen) atoms. The van der Waals surface area contributed by atoms with Gasteiger partial charge in [-0.2, -0.15) is 0 Å². The average molecular weight is 201 g/mol. The molecule has 0 radical (unpaired) electrons. The van der Waals surface area contributed by atoms with Crippen LogP contribution in [-0.2, 0) is 9.57 Å². The van der Waals surface area contributed by atoms with Gasteiger partial charge in [-0.25, -0.2) is 4.84 Å². The van der Waals surface area contributed by atoms with E-state index >= 15 is 0 Å². The summed E-state index contributed by atoms with van der Waals surface area (Å²) in [6, 6.07) is 0.